The van der Waals surface area contributed by atoms with Gasteiger partial charge >= 0.3 is 5.97 Å². The molecule has 1 aromatic heterocycles. The fourth-order valence-electron chi connectivity index (χ4n) is 2.08. The molecule has 1 amide bonds. The number of aromatic amines is 1. The molecule has 0 aliphatic carbocycles. The van der Waals surface area contributed by atoms with E-state index in [0.717, 1.165) is 12.8 Å². The summed E-state index contributed by atoms with van der Waals surface area (Å²) in [4.78, 5) is 29.5. The quantitative estimate of drug-likeness (QED) is 0.677. The zero-order valence-corrected chi connectivity index (χ0v) is 10.5. The Labute approximate surface area is 110 Å². The number of carbonyl (C=O) groups is 2. The number of rotatable bonds is 6. The summed E-state index contributed by atoms with van der Waals surface area (Å²) in [5, 5.41) is 11.6. The fraction of sp³-hybridized carbons (Fsp3) is 0.583. The molecule has 0 aromatic carbocycles. The van der Waals surface area contributed by atoms with Crippen LogP contribution in [-0.2, 0) is 20.7 Å². The minimum absolute atomic E-state index is 0.0819. The number of hydrogen-bond donors (Lipinski definition) is 3. The number of H-pyrrole nitrogens is 1. The Morgan fingerprint density at radius 2 is 2.47 bits per heavy atom. The Bertz CT molecular complexity index is 426. The van der Waals surface area contributed by atoms with Gasteiger partial charge in [-0.25, -0.2) is 9.78 Å². The Morgan fingerprint density at radius 3 is 3.05 bits per heavy atom. The van der Waals surface area contributed by atoms with E-state index < -0.39 is 12.0 Å². The van der Waals surface area contributed by atoms with Gasteiger partial charge in [-0.1, -0.05) is 0 Å². The van der Waals surface area contributed by atoms with Crippen molar-refractivity contribution in [3.63, 3.8) is 0 Å². The van der Waals surface area contributed by atoms with E-state index in [2.05, 4.69) is 15.3 Å². The van der Waals surface area contributed by atoms with Crippen molar-refractivity contribution in [1.82, 2.24) is 15.3 Å². The second-order valence-electron chi connectivity index (χ2n) is 4.58. The first kappa shape index (κ1) is 13.5. The molecule has 0 saturated carbocycles. The fourth-order valence-corrected chi connectivity index (χ4v) is 2.08. The zero-order valence-electron chi connectivity index (χ0n) is 10.5. The van der Waals surface area contributed by atoms with Crippen molar-refractivity contribution in [2.45, 2.75) is 37.8 Å². The molecule has 0 radical (unpaired) electrons. The normalized spacial score (nSPS) is 20.1. The van der Waals surface area contributed by atoms with Gasteiger partial charge in [-0.2, -0.15) is 0 Å². The summed E-state index contributed by atoms with van der Waals surface area (Å²) in [6.45, 7) is 0.675. The third-order valence-electron chi connectivity index (χ3n) is 3.05. The lowest BCUT2D eigenvalue weighted by Crippen LogP contribution is -2.43. The standard InChI is InChI=1S/C12H17N3O4/c16-11(5-9-2-1-3-19-9)15-10(12(17)18)4-8-6-13-7-14-8/h6-7,9-10H,1-5H2,(H,13,14)(H,15,16)(H,17,18)/t9?,10-/m1/s1. The SMILES string of the molecule is O=C(CC1CCCO1)N[C@H](Cc1cnc[nH]1)C(=O)O. The van der Waals surface area contributed by atoms with Gasteiger partial charge in [0.05, 0.1) is 18.9 Å². The molecule has 3 N–H and O–H groups in total. The van der Waals surface area contributed by atoms with Crippen LogP contribution in [0.3, 0.4) is 0 Å². The second kappa shape index (κ2) is 6.33. The summed E-state index contributed by atoms with van der Waals surface area (Å²) < 4.78 is 5.35. The molecule has 1 aliphatic heterocycles. The molecule has 19 heavy (non-hydrogen) atoms. The minimum atomic E-state index is -1.06. The van der Waals surface area contributed by atoms with Crippen LogP contribution in [0.15, 0.2) is 12.5 Å². The van der Waals surface area contributed by atoms with Gasteiger partial charge in [-0.05, 0) is 12.8 Å². The molecule has 1 aliphatic rings. The number of imidazole rings is 1. The van der Waals surface area contributed by atoms with Crippen molar-refractivity contribution in [3.8, 4) is 0 Å². The van der Waals surface area contributed by atoms with Crippen LogP contribution in [0.4, 0.5) is 0 Å². The molecule has 1 fully saturated rings. The van der Waals surface area contributed by atoms with Gasteiger partial charge in [0.15, 0.2) is 0 Å². The number of carboxylic acid groups (broad SMARTS) is 1. The van der Waals surface area contributed by atoms with Crippen LogP contribution in [0, 0.1) is 0 Å². The van der Waals surface area contributed by atoms with E-state index in [9.17, 15) is 9.59 Å². The summed E-state index contributed by atoms with van der Waals surface area (Å²) >= 11 is 0. The van der Waals surface area contributed by atoms with Crippen molar-refractivity contribution < 1.29 is 19.4 Å². The van der Waals surface area contributed by atoms with Gasteiger partial charge in [0.25, 0.3) is 0 Å². The lowest BCUT2D eigenvalue weighted by molar-refractivity contribution is -0.142. The highest BCUT2D eigenvalue weighted by atomic mass is 16.5. The van der Waals surface area contributed by atoms with Crippen LogP contribution < -0.4 is 5.32 Å². The van der Waals surface area contributed by atoms with Crippen molar-refractivity contribution in [2.75, 3.05) is 6.61 Å². The number of aromatic nitrogens is 2. The third-order valence-corrected chi connectivity index (χ3v) is 3.05. The third kappa shape index (κ3) is 4.06. The lowest BCUT2D eigenvalue weighted by Gasteiger charge is -2.15. The van der Waals surface area contributed by atoms with E-state index in [1.54, 1.807) is 6.20 Å². The van der Waals surface area contributed by atoms with Gasteiger partial charge in [0, 0.05) is 24.9 Å². The number of nitrogens with zero attached hydrogens (tertiary/aromatic N) is 1. The van der Waals surface area contributed by atoms with Crippen LogP contribution >= 0.6 is 0 Å². The number of amides is 1. The summed E-state index contributed by atoms with van der Waals surface area (Å²) in [5.41, 5.74) is 0.671. The molecule has 2 rings (SSSR count). The van der Waals surface area contributed by atoms with Crippen molar-refractivity contribution in [2.24, 2.45) is 0 Å². The second-order valence-corrected chi connectivity index (χ2v) is 4.58. The number of nitrogens with one attached hydrogen (secondary N) is 2. The molecule has 0 spiro atoms. The van der Waals surface area contributed by atoms with E-state index in [1.807, 2.05) is 0 Å². The van der Waals surface area contributed by atoms with E-state index in [0.29, 0.717) is 12.3 Å². The Morgan fingerprint density at radius 1 is 1.63 bits per heavy atom. The predicted molar refractivity (Wildman–Crippen MR) is 65.4 cm³/mol. The summed E-state index contributed by atoms with van der Waals surface area (Å²) in [6.07, 6.45) is 5.14. The van der Waals surface area contributed by atoms with Crippen LogP contribution in [0.2, 0.25) is 0 Å². The molecule has 7 nitrogen and oxygen atoms in total. The summed E-state index contributed by atoms with van der Waals surface area (Å²) in [6, 6.07) is -0.950. The molecule has 1 aromatic rings. The smallest absolute Gasteiger partial charge is 0.326 e. The van der Waals surface area contributed by atoms with Gasteiger partial charge < -0.3 is 20.1 Å². The summed E-state index contributed by atoms with van der Waals surface area (Å²) in [5.74, 6) is -1.35. The van der Waals surface area contributed by atoms with Crippen LogP contribution in [-0.4, -0.2) is 45.7 Å². The molecular formula is C12H17N3O4. The van der Waals surface area contributed by atoms with Crippen LogP contribution in [0.25, 0.3) is 0 Å². The monoisotopic (exact) mass is 267 g/mol. The highest BCUT2D eigenvalue weighted by Gasteiger charge is 2.24. The Hall–Kier alpha value is -1.89. The average molecular weight is 267 g/mol. The van der Waals surface area contributed by atoms with E-state index in [1.165, 1.54) is 6.33 Å². The molecule has 7 heteroatoms. The number of hydrogen-bond acceptors (Lipinski definition) is 4. The molecule has 1 saturated heterocycles. The van der Waals surface area contributed by atoms with Gasteiger partial charge in [-0.15, -0.1) is 0 Å². The number of aliphatic carboxylic acids is 1. The van der Waals surface area contributed by atoms with Crippen molar-refractivity contribution in [3.05, 3.63) is 18.2 Å². The number of ether oxygens (including phenoxy) is 1. The first-order chi connectivity index (χ1) is 9.15. The minimum Gasteiger partial charge on any atom is -0.480 e. The molecule has 1 unspecified atom stereocenters. The predicted octanol–water partition coefficient (Wildman–Crippen LogP) is 0.0907. The maximum absolute atomic E-state index is 11.8. The lowest BCUT2D eigenvalue weighted by atomic mass is 10.1. The number of carboxylic acids is 1. The highest BCUT2D eigenvalue weighted by Crippen LogP contribution is 2.15. The number of carbonyl (C=O) groups excluding carboxylic acids is 1. The van der Waals surface area contributed by atoms with E-state index in [-0.39, 0.29) is 24.9 Å². The van der Waals surface area contributed by atoms with Crippen LogP contribution in [0.1, 0.15) is 25.0 Å². The maximum atomic E-state index is 11.8. The average Bonchev–Trinajstić information content (AvgIpc) is 3.00. The van der Waals surface area contributed by atoms with Crippen molar-refractivity contribution >= 4 is 11.9 Å². The van der Waals surface area contributed by atoms with Crippen LogP contribution in [0.5, 0.6) is 0 Å². The highest BCUT2D eigenvalue weighted by molar-refractivity contribution is 5.83. The molecule has 2 atom stereocenters. The Kier molecular flexibility index (Phi) is 4.51. The largest absolute Gasteiger partial charge is 0.480 e. The van der Waals surface area contributed by atoms with Crippen molar-refractivity contribution in [1.29, 1.82) is 0 Å². The first-order valence-electron chi connectivity index (χ1n) is 6.26. The molecule has 2 heterocycles. The first-order valence-corrected chi connectivity index (χ1v) is 6.26. The van der Waals surface area contributed by atoms with Gasteiger partial charge in [-0.3, -0.25) is 4.79 Å². The topological polar surface area (TPSA) is 104 Å². The van der Waals surface area contributed by atoms with Gasteiger partial charge in [0.2, 0.25) is 5.91 Å². The Balaban J connectivity index is 1.85. The zero-order chi connectivity index (χ0) is 13.7. The maximum Gasteiger partial charge on any atom is 0.326 e. The van der Waals surface area contributed by atoms with E-state index in [4.69, 9.17) is 9.84 Å². The van der Waals surface area contributed by atoms with E-state index >= 15 is 0 Å². The summed E-state index contributed by atoms with van der Waals surface area (Å²) in [7, 11) is 0. The van der Waals surface area contributed by atoms with Gasteiger partial charge in [0.1, 0.15) is 6.04 Å². The molecule has 0 bridgehead atoms. The molecule has 104 valence electrons. The molecular weight excluding hydrogens is 250 g/mol.